The lowest BCUT2D eigenvalue weighted by Crippen LogP contribution is -2.05. The van der Waals surface area contributed by atoms with Crippen LogP contribution >= 0.6 is 11.3 Å². The molecule has 0 saturated carbocycles. The highest BCUT2D eigenvalue weighted by atomic mass is 32.1. The molecule has 1 aromatic heterocycles. The molecule has 1 N–H and O–H groups in total. The van der Waals surface area contributed by atoms with Crippen molar-refractivity contribution in [2.75, 3.05) is 13.7 Å². The highest BCUT2D eigenvalue weighted by Crippen LogP contribution is 2.26. The number of methoxy groups -OCH3 is 1. The van der Waals surface area contributed by atoms with E-state index in [4.69, 9.17) is 14.7 Å². The topological polar surface area (TPSA) is 51.0 Å². The van der Waals surface area contributed by atoms with E-state index in [1.807, 2.05) is 18.2 Å². The fourth-order valence-corrected chi connectivity index (χ4v) is 2.51. The van der Waals surface area contributed by atoms with E-state index < -0.39 is 0 Å². The van der Waals surface area contributed by atoms with E-state index in [1.165, 1.54) is 4.88 Å². The first-order chi connectivity index (χ1) is 9.74. The molecule has 5 heteroatoms. The Balaban J connectivity index is 2.11. The third-order valence-corrected chi connectivity index (χ3v) is 3.85. The van der Waals surface area contributed by atoms with E-state index in [0.717, 1.165) is 12.0 Å². The van der Waals surface area contributed by atoms with Gasteiger partial charge in [0.2, 0.25) is 0 Å². The molecule has 1 heterocycles. The summed E-state index contributed by atoms with van der Waals surface area (Å²) in [5, 5.41) is 14.2. The van der Waals surface area contributed by atoms with E-state index in [1.54, 1.807) is 31.4 Å². The molecule has 4 nitrogen and oxygen atoms in total. The van der Waals surface area contributed by atoms with Gasteiger partial charge in [-0.1, -0.05) is 11.2 Å². The van der Waals surface area contributed by atoms with Crippen LogP contribution < -0.4 is 9.47 Å². The van der Waals surface area contributed by atoms with E-state index in [-0.39, 0.29) is 0 Å². The van der Waals surface area contributed by atoms with Gasteiger partial charge in [0.05, 0.1) is 19.4 Å². The monoisotopic (exact) mass is 291 g/mol. The average molecular weight is 291 g/mol. The third-order valence-electron chi connectivity index (χ3n) is 2.91. The molecular weight excluding hydrogens is 274 g/mol. The molecule has 2 rings (SSSR count). The van der Waals surface area contributed by atoms with Crippen LogP contribution in [0.15, 0.2) is 40.9 Å². The standard InChI is InChI=1S/C15H17NO3S/c1-11(16-17)14-6-5-12(18-2)10-15(14)19-8-7-13-4-3-9-20-13/h3-6,9-10,17H,7-8H2,1-2H3/b16-11+. The molecule has 0 atom stereocenters. The second-order valence-electron chi connectivity index (χ2n) is 4.23. The van der Waals surface area contributed by atoms with Gasteiger partial charge in [0.15, 0.2) is 0 Å². The van der Waals surface area contributed by atoms with E-state index >= 15 is 0 Å². The van der Waals surface area contributed by atoms with Crippen LogP contribution in [0.2, 0.25) is 0 Å². The van der Waals surface area contributed by atoms with E-state index in [9.17, 15) is 0 Å². The molecule has 0 aliphatic rings. The molecule has 2 aromatic rings. The molecule has 0 amide bonds. The number of hydrogen-bond acceptors (Lipinski definition) is 5. The highest BCUT2D eigenvalue weighted by molar-refractivity contribution is 7.09. The normalized spacial score (nSPS) is 11.4. The van der Waals surface area contributed by atoms with Crippen LogP contribution in [0.5, 0.6) is 11.5 Å². The maximum atomic E-state index is 8.92. The smallest absolute Gasteiger partial charge is 0.132 e. The van der Waals surface area contributed by atoms with Crippen molar-refractivity contribution in [2.24, 2.45) is 5.16 Å². The zero-order chi connectivity index (χ0) is 14.4. The van der Waals surface area contributed by atoms with Crippen LogP contribution in [0.25, 0.3) is 0 Å². The summed E-state index contributed by atoms with van der Waals surface area (Å²) in [7, 11) is 1.61. The second kappa shape index (κ2) is 6.96. The summed E-state index contributed by atoms with van der Waals surface area (Å²) in [5.41, 5.74) is 1.28. The fourth-order valence-electron chi connectivity index (χ4n) is 1.82. The third kappa shape index (κ3) is 3.51. The van der Waals surface area contributed by atoms with E-state index in [2.05, 4.69) is 16.6 Å². The zero-order valence-corrected chi connectivity index (χ0v) is 12.3. The van der Waals surface area contributed by atoms with Crippen LogP contribution in [0.3, 0.4) is 0 Å². The van der Waals surface area contributed by atoms with Gasteiger partial charge < -0.3 is 14.7 Å². The molecule has 0 fully saturated rings. The van der Waals surface area contributed by atoms with Crippen molar-refractivity contribution in [3.05, 3.63) is 46.2 Å². The number of benzene rings is 1. The highest BCUT2D eigenvalue weighted by Gasteiger charge is 2.09. The Hall–Kier alpha value is -2.01. The minimum absolute atomic E-state index is 0.513. The van der Waals surface area contributed by atoms with Gasteiger partial charge in [0, 0.05) is 22.9 Å². The summed E-state index contributed by atoms with van der Waals surface area (Å²) in [4.78, 5) is 1.28. The lowest BCUT2D eigenvalue weighted by Gasteiger charge is -2.12. The molecular formula is C15H17NO3S. The predicted octanol–water partition coefficient (Wildman–Crippen LogP) is 3.58. The van der Waals surface area contributed by atoms with Crippen LogP contribution in [-0.2, 0) is 6.42 Å². The van der Waals surface area contributed by atoms with Gasteiger partial charge in [-0.15, -0.1) is 11.3 Å². The number of rotatable bonds is 6. The second-order valence-corrected chi connectivity index (χ2v) is 5.26. The first-order valence-corrected chi connectivity index (χ1v) is 7.15. The van der Waals surface area contributed by atoms with E-state index in [0.29, 0.717) is 23.8 Å². The van der Waals surface area contributed by atoms with Gasteiger partial charge in [-0.3, -0.25) is 0 Å². The molecule has 0 unspecified atom stereocenters. The zero-order valence-electron chi connectivity index (χ0n) is 11.5. The van der Waals surface area contributed by atoms with Crippen molar-refractivity contribution in [1.82, 2.24) is 0 Å². The van der Waals surface area contributed by atoms with Crippen molar-refractivity contribution in [3.8, 4) is 11.5 Å². The maximum absolute atomic E-state index is 8.92. The molecule has 0 aliphatic heterocycles. The van der Waals surface area contributed by atoms with Crippen molar-refractivity contribution in [2.45, 2.75) is 13.3 Å². The maximum Gasteiger partial charge on any atom is 0.132 e. The molecule has 106 valence electrons. The summed E-state index contributed by atoms with van der Waals surface area (Å²) in [5.74, 6) is 1.38. The number of nitrogens with zero attached hydrogens (tertiary/aromatic N) is 1. The number of oxime groups is 1. The van der Waals surface area contributed by atoms with Gasteiger partial charge in [0.25, 0.3) is 0 Å². The largest absolute Gasteiger partial charge is 0.497 e. The number of hydrogen-bond donors (Lipinski definition) is 1. The van der Waals surface area contributed by atoms with Gasteiger partial charge in [-0.05, 0) is 30.5 Å². The Morgan fingerprint density at radius 3 is 2.85 bits per heavy atom. The number of thiophene rings is 1. The quantitative estimate of drug-likeness (QED) is 0.503. The first kappa shape index (κ1) is 14.4. The molecule has 0 radical (unpaired) electrons. The van der Waals surface area contributed by atoms with Gasteiger partial charge in [-0.2, -0.15) is 0 Å². The minimum Gasteiger partial charge on any atom is -0.497 e. The Morgan fingerprint density at radius 1 is 1.35 bits per heavy atom. The average Bonchev–Trinajstić information content (AvgIpc) is 2.99. The Bertz CT molecular complexity index is 579. The molecule has 0 saturated heterocycles. The van der Waals surface area contributed by atoms with Crippen LogP contribution in [0.4, 0.5) is 0 Å². The van der Waals surface area contributed by atoms with Crippen LogP contribution in [-0.4, -0.2) is 24.6 Å². The summed E-state index contributed by atoms with van der Waals surface area (Å²) < 4.78 is 11.0. The van der Waals surface area contributed by atoms with Crippen molar-refractivity contribution in [3.63, 3.8) is 0 Å². The summed E-state index contributed by atoms with van der Waals surface area (Å²) in [6.45, 7) is 2.30. The summed E-state index contributed by atoms with van der Waals surface area (Å²) in [6, 6.07) is 9.56. The Morgan fingerprint density at radius 2 is 2.20 bits per heavy atom. The fraction of sp³-hybridized carbons (Fsp3) is 0.267. The van der Waals surface area contributed by atoms with Gasteiger partial charge in [-0.25, -0.2) is 0 Å². The lowest BCUT2D eigenvalue weighted by atomic mass is 10.1. The summed E-state index contributed by atoms with van der Waals surface area (Å²) in [6.07, 6.45) is 0.851. The predicted molar refractivity (Wildman–Crippen MR) is 80.5 cm³/mol. The number of ether oxygens (including phenoxy) is 2. The lowest BCUT2D eigenvalue weighted by molar-refractivity contribution is 0.313. The molecule has 0 bridgehead atoms. The Kier molecular flexibility index (Phi) is 5.01. The first-order valence-electron chi connectivity index (χ1n) is 6.27. The molecule has 0 aliphatic carbocycles. The van der Waals surface area contributed by atoms with Crippen molar-refractivity contribution in [1.29, 1.82) is 0 Å². The van der Waals surface area contributed by atoms with Crippen LogP contribution in [0, 0.1) is 0 Å². The van der Waals surface area contributed by atoms with Crippen molar-refractivity contribution >= 4 is 17.0 Å². The van der Waals surface area contributed by atoms with Gasteiger partial charge >= 0.3 is 0 Å². The molecule has 0 spiro atoms. The van der Waals surface area contributed by atoms with Crippen LogP contribution in [0.1, 0.15) is 17.4 Å². The van der Waals surface area contributed by atoms with Crippen molar-refractivity contribution < 1.29 is 14.7 Å². The SMILES string of the molecule is COc1ccc(/C(C)=N/O)c(OCCc2cccs2)c1. The summed E-state index contributed by atoms with van der Waals surface area (Å²) >= 11 is 1.71. The molecule has 20 heavy (non-hydrogen) atoms. The Labute approximate surface area is 122 Å². The molecule has 1 aromatic carbocycles. The van der Waals surface area contributed by atoms with Gasteiger partial charge in [0.1, 0.15) is 11.5 Å². The minimum atomic E-state index is 0.513.